The first-order valence-electron chi connectivity index (χ1n) is 9.85. The van der Waals surface area contributed by atoms with Crippen LogP contribution in [0.25, 0.3) is 0 Å². The Morgan fingerprint density at radius 2 is 1.68 bits per heavy atom. The number of sulfonamides is 1. The second-order valence-electron chi connectivity index (χ2n) is 8.04. The number of alkyl carbamates (subject to hydrolysis) is 1. The quantitative estimate of drug-likeness (QED) is 0.541. The topological polar surface area (TPSA) is 114 Å². The number of amides is 1. The van der Waals surface area contributed by atoms with Crippen molar-refractivity contribution in [3.63, 3.8) is 0 Å². The van der Waals surface area contributed by atoms with E-state index in [1.54, 1.807) is 20.8 Å². The molecule has 170 valence electrons. The van der Waals surface area contributed by atoms with Crippen LogP contribution >= 0.6 is 0 Å². The predicted octanol–water partition coefficient (Wildman–Crippen LogP) is 2.47. The molecule has 0 aliphatic heterocycles. The Morgan fingerprint density at radius 3 is 2.23 bits per heavy atom. The minimum atomic E-state index is -3.85. The van der Waals surface area contributed by atoms with E-state index >= 15 is 0 Å². The summed E-state index contributed by atoms with van der Waals surface area (Å²) in [5, 5.41) is 13.3. The Bertz CT molecular complexity index is 940. The van der Waals surface area contributed by atoms with E-state index in [9.17, 15) is 18.3 Å². The second kappa shape index (κ2) is 10.6. The van der Waals surface area contributed by atoms with Crippen molar-refractivity contribution in [3.8, 4) is 5.75 Å². The molecule has 3 N–H and O–H groups in total. The minimum absolute atomic E-state index is 0.0419. The van der Waals surface area contributed by atoms with Crippen molar-refractivity contribution in [1.29, 1.82) is 0 Å². The summed E-state index contributed by atoms with van der Waals surface area (Å²) in [6, 6.07) is 14.4. The average Bonchev–Trinajstić information content (AvgIpc) is 2.71. The number of hydrogen-bond donors (Lipinski definition) is 3. The number of rotatable bonds is 9. The number of benzene rings is 2. The number of ether oxygens (including phenoxy) is 2. The molecule has 2 rings (SSSR count). The Morgan fingerprint density at radius 1 is 1.06 bits per heavy atom. The number of aliphatic hydroxyl groups is 1. The van der Waals surface area contributed by atoms with Gasteiger partial charge < -0.3 is 19.9 Å². The van der Waals surface area contributed by atoms with Crippen LogP contribution in [-0.2, 0) is 21.2 Å². The van der Waals surface area contributed by atoms with Crippen molar-refractivity contribution in [1.82, 2.24) is 10.0 Å². The fourth-order valence-corrected chi connectivity index (χ4v) is 3.84. The van der Waals surface area contributed by atoms with E-state index < -0.39 is 33.9 Å². The highest BCUT2D eigenvalue weighted by Gasteiger charge is 2.26. The van der Waals surface area contributed by atoms with Crippen LogP contribution in [0.2, 0.25) is 0 Å². The molecule has 31 heavy (non-hydrogen) atoms. The smallest absolute Gasteiger partial charge is 0.407 e. The lowest BCUT2D eigenvalue weighted by atomic mass is 10.0. The summed E-state index contributed by atoms with van der Waals surface area (Å²) in [6.45, 7) is 4.91. The van der Waals surface area contributed by atoms with Crippen LogP contribution in [0.3, 0.4) is 0 Å². The van der Waals surface area contributed by atoms with Gasteiger partial charge in [0.05, 0.1) is 24.2 Å². The monoisotopic (exact) mass is 450 g/mol. The first-order valence-corrected chi connectivity index (χ1v) is 11.3. The molecule has 0 aromatic heterocycles. The number of carbonyl (C=O) groups excluding carboxylic acids is 1. The van der Waals surface area contributed by atoms with Crippen molar-refractivity contribution in [2.24, 2.45) is 0 Å². The molecule has 0 saturated carbocycles. The third-order valence-electron chi connectivity index (χ3n) is 4.32. The summed E-state index contributed by atoms with van der Waals surface area (Å²) in [6.07, 6.45) is -1.59. The van der Waals surface area contributed by atoms with Crippen LogP contribution in [0.1, 0.15) is 26.3 Å². The molecule has 1 amide bonds. The molecule has 2 aromatic carbocycles. The lowest BCUT2D eigenvalue weighted by Gasteiger charge is -2.27. The fraction of sp³-hybridized carbons (Fsp3) is 0.409. The van der Waals surface area contributed by atoms with Crippen LogP contribution in [0.15, 0.2) is 59.5 Å². The van der Waals surface area contributed by atoms with Crippen molar-refractivity contribution >= 4 is 16.1 Å². The molecule has 0 radical (unpaired) electrons. The number of carbonyl (C=O) groups is 1. The van der Waals surface area contributed by atoms with Crippen LogP contribution in [0.4, 0.5) is 4.79 Å². The highest BCUT2D eigenvalue weighted by Crippen LogP contribution is 2.16. The summed E-state index contributed by atoms with van der Waals surface area (Å²) < 4.78 is 37.8. The van der Waals surface area contributed by atoms with Crippen molar-refractivity contribution < 1.29 is 27.8 Å². The highest BCUT2D eigenvalue weighted by molar-refractivity contribution is 7.89. The van der Waals surface area contributed by atoms with Gasteiger partial charge in [-0.2, -0.15) is 0 Å². The maximum atomic E-state index is 12.6. The van der Waals surface area contributed by atoms with Gasteiger partial charge in [-0.25, -0.2) is 17.9 Å². The zero-order valence-electron chi connectivity index (χ0n) is 18.2. The van der Waals surface area contributed by atoms with E-state index in [2.05, 4.69) is 10.0 Å². The van der Waals surface area contributed by atoms with E-state index in [0.717, 1.165) is 5.56 Å². The maximum absolute atomic E-state index is 12.6. The van der Waals surface area contributed by atoms with Crippen molar-refractivity contribution in [3.05, 3.63) is 60.2 Å². The minimum Gasteiger partial charge on any atom is -0.497 e. The molecule has 0 aliphatic carbocycles. The molecule has 2 atom stereocenters. The molecule has 0 spiro atoms. The molecule has 0 aliphatic rings. The molecule has 0 bridgehead atoms. The summed E-state index contributed by atoms with van der Waals surface area (Å²) in [5.74, 6) is 0.531. The van der Waals surface area contributed by atoms with E-state index in [4.69, 9.17) is 9.47 Å². The normalized spacial score (nSPS) is 13.8. The molecular formula is C22H30N2O6S. The predicted molar refractivity (Wildman–Crippen MR) is 117 cm³/mol. The summed E-state index contributed by atoms with van der Waals surface area (Å²) in [7, 11) is -2.36. The zero-order chi connectivity index (χ0) is 23.1. The molecule has 9 heteroatoms. The van der Waals surface area contributed by atoms with Crippen LogP contribution in [0, 0.1) is 0 Å². The number of hydrogen-bond acceptors (Lipinski definition) is 6. The van der Waals surface area contributed by atoms with Crippen molar-refractivity contribution in [2.75, 3.05) is 13.7 Å². The number of methoxy groups -OCH3 is 1. The highest BCUT2D eigenvalue weighted by atomic mass is 32.2. The van der Waals surface area contributed by atoms with Crippen LogP contribution < -0.4 is 14.8 Å². The molecule has 0 unspecified atom stereocenters. The Kier molecular flexibility index (Phi) is 8.43. The molecule has 8 nitrogen and oxygen atoms in total. The van der Waals surface area contributed by atoms with Gasteiger partial charge in [0.15, 0.2) is 0 Å². The SMILES string of the molecule is COc1ccc(S(=O)(=O)NC[C@@H](O)[C@H](Cc2ccccc2)NC(=O)OC(C)(C)C)cc1. The van der Waals surface area contributed by atoms with E-state index in [-0.39, 0.29) is 11.4 Å². The van der Waals surface area contributed by atoms with E-state index in [1.165, 1.54) is 31.4 Å². The number of nitrogens with one attached hydrogen (secondary N) is 2. The van der Waals surface area contributed by atoms with E-state index in [0.29, 0.717) is 12.2 Å². The van der Waals surface area contributed by atoms with Gasteiger partial charge in [0, 0.05) is 6.54 Å². The Labute approximate surface area is 183 Å². The third kappa shape index (κ3) is 8.20. The molecule has 0 heterocycles. The summed E-state index contributed by atoms with van der Waals surface area (Å²) in [4.78, 5) is 12.3. The molecule has 0 fully saturated rings. The first-order chi connectivity index (χ1) is 14.5. The standard InChI is InChI=1S/C22H30N2O6S/c1-22(2,3)30-21(26)24-19(14-16-8-6-5-7-9-16)20(25)15-23-31(27,28)18-12-10-17(29-4)11-13-18/h5-13,19-20,23,25H,14-15H2,1-4H3,(H,24,26)/t19-,20+/m0/s1. The Hall–Kier alpha value is -2.62. The zero-order valence-corrected chi connectivity index (χ0v) is 19.0. The molecular weight excluding hydrogens is 420 g/mol. The van der Waals surface area contributed by atoms with Gasteiger partial charge in [0.2, 0.25) is 10.0 Å². The largest absolute Gasteiger partial charge is 0.497 e. The van der Waals surface area contributed by atoms with Gasteiger partial charge in [-0.3, -0.25) is 0 Å². The van der Waals surface area contributed by atoms with Crippen LogP contribution in [0.5, 0.6) is 5.75 Å². The van der Waals surface area contributed by atoms with Gasteiger partial charge in [-0.1, -0.05) is 30.3 Å². The first kappa shape index (κ1) is 24.6. The lowest BCUT2D eigenvalue weighted by Crippen LogP contribution is -2.50. The van der Waals surface area contributed by atoms with Gasteiger partial charge in [-0.15, -0.1) is 0 Å². The van der Waals surface area contributed by atoms with Crippen LogP contribution in [-0.4, -0.2) is 51.0 Å². The summed E-state index contributed by atoms with van der Waals surface area (Å²) >= 11 is 0. The van der Waals surface area contributed by atoms with Gasteiger partial charge in [0.1, 0.15) is 11.4 Å². The van der Waals surface area contributed by atoms with Crippen molar-refractivity contribution in [2.45, 2.75) is 49.8 Å². The molecule has 2 aromatic rings. The third-order valence-corrected chi connectivity index (χ3v) is 5.76. The van der Waals surface area contributed by atoms with Gasteiger partial charge in [-0.05, 0) is 57.0 Å². The van der Waals surface area contributed by atoms with Gasteiger partial charge >= 0.3 is 6.09 Å². The summed E-state index contributed by atoms with van der Waals surface area (Å²) in [5.41, 5.74) is 0.170. The lowest BCUT2D eigenvalue weighted by molar-refractivity contribution is 0.0427. The maximum Gasteiger partial charge on any atom is 0.407 e. The fourth-order valence-electron chi connectivity index (χ4n) is 2.79. The molecule has 0 saturated heterocycles. The van der Waals surface area contributed by atoms with E-state index in [1.807, 2.05) is 30.3 Å². The second-order valence-corrected chi connectivity index (χ2v) is 9.80. The number of aliphatic hydroxyl groups excluding tert-OH is 1. The average molecular weight is 451 g/mol. The van der Waals surface area contributed by atoms with Gasteiger partial charge in [0.25, 0.3) is 0 Å². The Balaban J connectivity index is 2.09.